The highest BCUT2D eigenvalue weighted by Crippen LogP contribution is 2.35. The molecule has 0 amide bonds. The summed E-state index contributed by atoms with van der Waals surface area (Å²) in [6.45, 7) is 5.83. The van der Waals surface area contributed by atoms with Crippen molar-refractivity contribution in [2.75, 3.05) is 25.6 Å². The van der Waals surface area contributed by atoms with E-state index in [-0.39, 0.29) is 32.2 Å². The molecular formula is C27H29N5O8. The molecule has 13 heteroatoms. The first-order chi connectivity index (χ1) is 19.3. The predicted octanol–water partition coefficient (Wildman–Crippen LogP) is 2.04. The van der Waals surface area contributed by atoms with Crippen LogP contribution in [0.3, 0.4) is 0 Å². The number of aliphatic hydroxyl groups excluding tert-OH is 2. The van der Waals surface area contributed by atoms with Crippen LogP contribution in [-0.2, 0) is 20.8 Å². The quantitative estimate of drug-likeness (QED) is 0.189. The van der Waals surface area contributed by atoms with Crippen molar-refractivity contribution in [3.63, 3.8) is 0 Å². The van der Waals surface area contributed by atoms with E-state index in [0.29, 0.717) is 28.1 Å². The summed E-state index contributed by atoms with van der Waals surface area (Å²) in [5, 5.41) is 22.2. The van der Waals surface area contributed by atoms with Crippen molar-refractivity contribution in [1.82, 2.24) is 19.5 Å². The number of aryl methyl sites for hydroxylation is 3. The van der Waals surface area contributed by atoms with Gasteiger partial charge in [-0.25, -0.2) is 19.7 Å². The predicted molar refractivity (Wildman–Crippen MR) is 143 cm³/mol. The molecule has 4 N–H and O–H groups in total. The second-order valence-corrected chi connectivity index (χ2v) is 9.85. The van der Waals surface area contributed by atoms with Gasteiger partial charge in [-0.2, -0.15) is 0 Å². The van der Waals surface area contributed by atoms with Gasteiger partial charge in [-0.05, 0) is 32.4 Å². The fraction of sp³-hybridized carbons (Fsp3) is 0.407. The highest BCUT2D eigenvalue weighted by atomic mass is 16.6. The number of anilines is 1. The van der Waals surface area contributed by atoms with Crippen LogP contribution in [0.25, 0.3) is 33.1 Å². The lowest BCUT2D eigenvalue weighted by Crippen LogP contribution is -2.36. The number of hydrogen-bond donors (Lipinski definition) is 3. The van der Waals surface area contributed by atoms with Gasteiger partial charge in [0.15, 0.2) is 17.7 Å². The third-order valence-electron chi connectivity index (χ3n) is 7.36. The Kier molecular flexibility index (Phi) is 6.76. The van der Waals surface area contributed by atoms with Crippen LogP contribution in [0.2, 0.25) is 0 Å². The first kappa shape index (κ1) is 26.3. The Bertz CT molecular complexity index is 1780. The number of imidazole rings is 1. The average Bonchev–Trinajstić information content (AvgIpc) is 3.59. The monoisotopic (exact) mass is 551 g/mol. The van der Waals surface area contributed by atoms with Crippen LogP contribution in [-0.4, -0.2) is 67.9 Å². The van der Waals surface area contributed by atoms with Gasteiger partial charge < -0.3 is 39.0 Å². The van der Waals surface area contributed by atoms with Crippen LogP contribution >= 0.6 is 0 Å². The molecule has 0 aliphatic carbocycles. The molecule has 0 bridgehead atoms. The number of nitrogen functional groups attached to an aromatic ring is 1. The molecule has 5 aromatic rings. The van der Waals surface area contributed by atoms with E-state index >= 15 is 0 Å². The van der Waals surface area contributed by atoms with Crippen molar-refractivity contribution >= 4 is 38.9 Å². The van der Waals surface area contributed by atoms with Crippen molar-refractivity contribution in [2.24, 2.45) is 0 Å². The summed E-state index contributed by atoms with van der Waals surface area (Å²) < 4.78 is 30.9. The lowest BCUT2D eigenvalue weighted by Gasteiger charge is -2.22. The molecule has 13 nitrogen and oxygen atoms in total. The third-order valence-corrected chi connectivity index (χ3v) is 7.36. The maximum atomic E-state index is 11.9. The molecule has 210 valence electrons. The van der Waals surface area contributed by atoms with E-state index in [1.54, 1.807) is 4.57 Å². The maximum Gasteiger partial charge on any atom is 0.336 e. The Hall–Kier alpha value is -3.88. The van der Waals surface area contributed by atoms with Gasteiger partial charge in [-0.3, -0.25) is 4.57 Å². The maximum absolute atomic E-state index is 11.9. The molecule has 1 aliphatic heterocycles. The van der Waals surface area contributed by atoms with E-state index in [4.69, 9.17) is 28.8 Å². The van der Waals surface area contributed by atoms with Gasteiger partial charge in [0, 0.05) is 28.0 Å². The Morgan fingerprint density at radius 2 is 1.88 bits per heavy atom. The van der Waals surface area contributed by atoms with Crippen LogP contribution in [0, 0.1) is 20.8 Å². The van der Waals surface area contributed by atoms with Crippen molar-refractivity contribution < 1.29 is 33.3 Å². The molecule has 40 heavy (non-hydrogen) atoms. The summed E-state index contributed by atoms with van der Waals surface area (Å²) >= 11 is 0. The SMILES string of the molecule is Cc1oc2c(C)c3oc(=O)cc(C)c3cc2c1COCCO[C@@H]1[C@H](O)[C@@H](CO)O[C@H]1n1cnc2c(N)ncnc21. The third kappa shape index (κ3) is 4.32. The number of furan rings is 1. The first-order valence-corrected chi connectivity index (χ1v) is 12.8. The van der Waals surface area contributed by atoms with Crippen LogP contribution in [0.1, 0.15) is 28.7 Å². The summed E-state index contributed by atoms with van der Waals surface area (Å²) in [7, 11) is 0. The molecule has 0 radical (unpaired) electrons. The molecule has 1 fully saturated rings. The average molecular weight is 552 g/mol. The number of rotatable bonds is 8. The molecule has 0 spiro atoms. The van der Waals surface area contributed by atoms with Crippen LogP contribution < -0.4 is 11.4 Å². The minimum atomic E-state index is -1.09. The minimum absolute atomic E-state index is 0.143. The molecule has 1 saturated heterocycles. The van der Waals surface area contributed by atoms with Crippen LogP contribution in [0.4, 0.5) is 5.82 Å². The number of aromatic nitrogens is 4. The molecule has 0 unspecified atom stereocenters. The van der Waals surface area contributed by atoms with Crippen LogP contribution in [0.15, 0.2) is 38.4 Å². The van der Waals surface area contributed by atoms with E-state index in [0.717, 1.165) is 27.5 Å². The minimum Gasteiger partial charge on any atom is -0.461 e. The summed E-state index contributed by atoms with van der Waals surface area (Å²) in [5.41, 5.74) is 9.95. The highest BCUT2D eigenvalue weighted by Gasteiger charge is 2.45. The van der Waals surface area contributed by atoms with Gasteiger partial charge >= 0.3 is 5.63 Å². The van der Waals surface area contributed by atoms with E-state index in [2.05, 4.69) is 15.0 Å². The molecule has 1 aromatic carbocycles. The molecular weight excluding hydrogens is 522 g/mol. The Balaban J connectivity index is 1.16. The van der Waals surface area contributed by atoms with Crippen molar-refractivity contribution in [3.05, 3.63) is 57.7 Å². The molecule has 0 saturated carbocycles. The number of nitrogens with two attached hydrogens (primary N) is 1. The van der Waals surface area contributed by atoms with Gasteiger partial charge in [0.1, 0.15) is 47.1 Å². The zero-order valence-corrected chi connectivity index (χ0v) is 22.2. The fourth-order valence-electron chi connectivity index (χ4n) is 5.28. The summed E-state index contributed by atoms with van der Waals surface area (Å²) in [5.74, 6) is 0.921. The van der Waals surface area contributed by atoms with Crippen molar-refractivity contribution in [2.45, 2.75) is 51.9 Å². The number of fused-ring (bicyclic) bond motifs is 3. The standard InChI is InChI=1S/C27H29N5O8/c1-12-6-19(34)40-22-13(2)23-16(7-15(12)22)17(14(3)38-23)9-36-4-5-37-24-21(35)18(8-33)39-27(24)32-11-31-20-25(28)29-10-30-26(20)32/h6-7,10-11,18,21,24,27,33,35H,4-5,8-9H2,1-3H3,(H2,28,29,30)/t18-,21-,24-,27-/m1/s1. The molecule has 6 rings (SSSR count). The summed E-state index contributed by atoms with van der Waals surface area (Å²) in [6, 6.07) is 3.43. The van der Waals surface area contributed by atoms with Gasteiger partial charge in [-0.1, -0.05) is 0 Å². The normalized spacial score (nSPS) is 21.3. The highest BCUT2D eigenvalue weighted by molar-refractivity contribution is 5.99. The van der Waals surface area contributed by atoms with E-state index in [1.807, 2.05) is 26.8 Å². The second-order valence-electron chi connectivity index (χ2n) is 9.85. The lowest BCUT2D eigenvalue weighted by atomic mass is 10.0. The molecule has 4 atom stereocenters. The van der Waals surface area contributed by atoms with Crippen LogP contribution in [0.5, 0.6) is 0 Å². The zero-order valence-electron chi connectivity index (χ0n) is 22.2. The first-order valence-electron chi connectivity index (χ1n) is 12.8. The van der Waals surface area contributed by atoms with Gasteiger partial charge in [-0.15, -0.1) is 0 Å². The largest absolute Gasteiger partial charge is 0.461 e. The Morgan fingerprint density at radius 1 is 1.07 bits per heavy atom. The molecule has 5 heterocycles. The molecule has 4 aromatic heterocycles. The Labute approximate surface area is 227 Å². The Morgan fingerprint density at radius 3 is 2.67 bits per heavy atom. The van der Waals surface area contributed by atoms with Gasteiger partial charge in [0.25, 0.3) is 0 Å². The second kappa shape index (κ2) is 10.3. The summed E-state index contributed by atoms with van der Waals surface area (Å²) in [4.78, 5) is 24.3. The zero-order chi connectivity index (χ0) is 28.1. The topological polar surface area (TPSA) is 181 Å². The smallest absolute Gasteiger partial charge is 0.336 e. The lowest BCUT2D eigenvalue weighted by molar-refractivity contribution is -0.0823. The van der Waals surface area contributed by atoms with Gasteiger partial charge in [0.2, 0.25) is 0 Å². The fourth-order valence-corrected chi connectivity index (χ4v) is 5.28. The number of aliphatic hydroxyl groups is 2. The number of hydrogen-bond acceptors (Lipinski definition) is 12. The number of benzene rings is 1. The van der Waals surface area contributed by atoms with Crippen molar-refractivity contribution in [3.8, 4) is 0 Å². The van der Waals surface area contributed by atoms with Crippen molar-refractivity contribution in [1.29, 1.82) is 0 Å². The number of ether oxygens (including phenoxy) is 3. The summed E-state index contributed by atoms with van der Waals surface area (Å²) in [6.07, 6.45) is -0.754. The van der Waals surface area contributed by atoms with Gasteiger partial charge in [0.05, 0.1) is 32.8 Å². The molecule has 1 aliphatic rings. The van der Waals surface area contributed by atoms with E-state index < -0.39 is 30.2 Å². The number of nitrogens with zero attached hydrogens (tertiary/aromatic N) is 4. The van der Waals surface area contributed by atoms with E-state index in [1.165, 1.54) is 18.7 Å². The van der Waals surface area contributed by atoms with E-state index in [9.17, 15) is 15.0 Å².